The van der Waals surface area contributed by atoms with E-state index >= 15 is 0 Å². The van der Waals surface area contributed by atoms with Crippen molar-refractivity contribution in [3.8, 4) is 0 Å². The van der Waals surface area contributed by atoms with Crippen LogP contribution in [-0.2, 0) is 0 Å². The number of nitrogens with zero attached hydrogens (tertiary/aromatic N) is 2. The molecule has 0 aliphatic carbocycles. The zero-order valence-corrected chi connectivity index (χ0v) is 7.33. The first-order valence-corrected chi connectivity index (χ1v) is 3.68. The third-order valence-electron chi connectivity index (χ3n) is 1.16. The second-order valence-corrected chi connectivity index (χ2v) is 2.77. The fourth-order valence-electron chi connectivity index (χ4n) is 0.654. The Morgan fingerprint density at radius 1 is 1.64 bits per heavy atom. The first kappa shape index (κ1) is 8.13. The normalized spacial score (nSPS) is 9.64. The summed E-state index contributed by atoms with van der Waals surface area (Å²) in [5.41, 5.74) is 0.748. The molecule has 0 saturated heterocycles. The van der Waals surface area contributed by atoms with Gasteiger partial charge in [0.1, 0.15) is 0 Å². The number of pyridine rings is 1. The molecule has 1 aromatic heterocycles. The Morgan fingerprint density at radius 2 is 2.27 bits per heavy atom. The van der Waals surface area contributed by atoms with Gasteiger partial charge in [0.05, 0.1) is 4.92 Å². The summed E-state index contributed by atoms with van der Waals surface area (Å²) < 4.78 is 0.280. The molecule has 0 radical (unpaired) electrons. The molecule has 1 rings (SSSR count). The van der Waals surface area contributed by atoms with Crippen LogP contribution in [0.4, 0.5) is 5.69 Å². The van der Waals surface area contributed by atoms with E-state index in [2.05, 4.69) is 20.9 Å². The summed E-state index contributed by atoms with van der Waals surface area (Å²) in [7, 11) is 0. The van der Waals surface area contributed by atoms with Crippen LogP contribution in [0.25, 0.3) is 0 Å². The van der Waals surface area contributed by atoms with E-state index in [4.69, 9.17) is 0 Å². The number of rotatable bonds is 1. The maximum atomic E-state index is 10.3. The molecule has 0 spiro atoms. The molecule has 58 valence electrons. The van der Waals surface area contributed by atoms with Crippen molar-refractivity contribution in [2.45, 2.75) is 6.92 Å². The van der Waals surface area contributed by atoms with Crippen molar-refractivity contribution >= 4 is 21.6 Å². The van der Waals surface area contributed by atoms with E-state index in [-0.39, 0.29) is 10.3 Å². The second kappa shape index (κ2) is 2.96. The average molecular weight is 217 g/mol. The summed E-state index contributed by atoms with van der Waals surface area (Å²) in [6.07, 6.45) is 0. The smallest absolute Gasteiger partial charge is 0.258 e. The lowest BCUT2D eigenvalue weighted by Crippen LogP contribution is -1.92. The maximum absolute atomic E-state index is 10.3. The number of aryl methyl sites for hydroxylation is 1. The summed E-state index contributed by atoms with van der Waals surface area (Å²) in [5.74, 6) is 0. The standard InChI is InChI=1S/C6H5BrN2O2/c1-4-2-3-5(9(10)11)6(7)8-4/h2-3H,1H3. The van der Waals surface area contributed by atoms with Crippen molar-refractivity contribution in [2.75, 3.05) is 0 Å². The van der Waals surface area contributed by atoms with Crippen molar-refractivity contribution in [1.29, 1.82) is 0 Å². The van der Waals surface area contributed by atoms with Gasteiger partial charge in [-0.3, -0.25) is 10.1 Å². The molecule has 0 unspecified atom stereocenters. The van der Waals surface area contributed by atoms with Gasteiger partial charge in [-0.15, -0.1) is 0 Å². The van der Waals surface area contributed by atoms with Crippen LogP contribution in [0.2, 0.25) is 0 Å². The summed E-state index contributed by atoms with van der Waals surface area (Å²) in [4.78, 5) is 13.7. The molecule has 0 N–H and O–H groups in total. The van der Waals surface area contributed by atoms with Crippen LogP contribution in [-0.4, -0.2) is 9.91 Å². The van der Waals surface area contributed by atoms with E-state index in [1.807, 2.05) is 0 Å². The Hall–Kier alpha value is -0.970. The van der Waals surface area contributed by atoms with Gasteiger partial charge in [0.15, 0.2) is 4.60 Å². The molecular weight excluding hydrogens is 212 g/mol. The SMILES string of the molecule is Cc1ccc([N+](=O)[O-])c(Br)n1. The Kier molecular flexibility index (Phi) is 2.19. The van der Waals surface area contributed by atoms with E-state index in [0.717, 1.165) is 5.69 Å². The topological polar surface area (TPSA) is 56.0 Å². The molecule has 0 aliphatic heterocycles. The van der Waals surface area contributed by atoms with Crippen LogP contribution in [0.1, 0.15) is 5.69 Å². The highest BCUT2D eigenvalue weighted by Crippen LogP contribution is 2.21. The Morgan fingerprint density at radius 3 is 2.73 bits per heavy atom. The lowest BCUT2D eigenvalue weighted by Gasteiger charge is -1.94. The molecule has 0 bridgehead atoms. The minimum atomic E-state index is -0.476. The first-order valence-electron chi connectivity index (χ1n) is 2.89. The zero-order chi connectivity index (χ0) is 8.43. The minimum absolute atomic E-state index is 0.00407. The third kappa shape index (κ3) is 1.74. The molecule has 5 heteroatoms. The van der Waals surface area contributed by atoms with Gasteiger partial charge in [-0.1, -0.05) is 0 Å². The van der Waals surface area contributed by atoms with Crippen LogP contribution < -0.4 is 0 Å². The molecule has 0 atom stereocenters. The molecule has 11 heavy (non-hydrogen) atoms. The molecule has 1 heterocycles. The van der Waals surface area contributed by atoms with Gasteiger partial charge in [-0.2, -0.15) is 0 Å². The lowest BCUT2D eigenvalue weighted by atomic mass is 10.3. The predicted octanol–water partition coefficient (Wildman–Crippen LogP) is 2.06. The number of halogens is 1. The summed E-state index contributed by atoms with van der Waals surface area (Å²) in [5, 5.41) is 10.3. The van der Waals surface area contributed by atoms with Crippen LogP contribution in [0.5, 0.6) is 0 Å². The van der Waals surface area contributed by atoms with Crippen LogP contribution in [0.3, 0.4) is 0 Å². The van der Waals surface area contributed by atoms with Crippen molar-refractivity contribution in [3.05, 3.63) is 32.5 Å². The predicted molar refractivity (Wildman–Crippen MR) is 43.3 cm³/mol. The van der Waals surface area contributed by atoms with Gasteiger partial charge in [0.25, 0.3) is 0 Å². The van der Waals surface area contributed by atoms with Crippen molar-refractivity contribution in [2.24, 2.45) is 0 Å². The van der Waals surface area contributed by atoms with Gasteiger partial charge in [0.2, 0.25) is 0 Å². The molecule has 4 nitrogen and oxygen atoms in total. The van der Waals surface area contributed by atoms with E-state index < -0.39 is 4.92 Å². The molecule has 1 aromatic rings. The summed E-state index contributed by atoms with van der Waals surface area (Å²) in [6, 6.07) is 3.02. The zero-order valence-electron chi connectivity index (χ0n) is 5.74. The largest absolute Gasteiger partial charge is 0.301 e. The average Bonchev–Trinajstić information content (AvgIpc) is 1.85. The second-order valence-electron chi connectivity index (χ2n) is 2.02. The summed E-state index contributed by atoms with van der Waals surface area (Å²) >= 11 is 2.99. The van der Waals surface area contributed by atoms with E-state index in [0.29, 0.717) is 0 Å². The molecular formula is C6H5BrN2O2. The van der Waals surface area contributed by atoms with Crippen molar-refractivity contribution < 1.29 is 4.92 Å². The van der Waals surface area contributed by atoms with E-state index in [9.17, 15) is 10.1 Å². The molecule has 0 aliphatic rings. The number of aromatic nitrogens is 1. The van der Waals surface area contributed by atoms with E-state index in [1.165, 1.54) is 6.07 Å². The molecule has 0 saturated carbocycles. The van der Waals surface area contributed by atoms with Gasteiger partial charge < -0.3 is 0 Å². The fourth-order valence-corrected chi connectivity index (χ4v) is 1.21. The van der Waals surface area contributed by atoms with E-state index in [1.54, 1.807) is 13.0 Å². The quantitative estimate of drug-likeness (QED) is 0.411. The molecule has 0 fully saturated rings. The molecule has 0 amide bonds. The lowest BCUT2D eigenvalue weighted by molar-refractivity contribution is -0.386. The first-order chi connectivity index (χ1) is 5.11. The number of hydrogen-bond donors (Lipinski definition) is 0. The number of nitro groups is 1. The van der Waals surface area contributed by atoms with Crippen LogP contribution >= 0.6 is 15.9 Å². The highest BCUT2D eigenvalue weighted by Gasteiger charge is 2.11. The minimum Gasteiger partial charge on any atom is -0.258 e. The molecule has 0 aromatic carbocycles. The number of hydrogen-bond acceptors (Lipinski definition) is 3. The monoisotopic (exact) mass is 216 g/mol. The Balaban J connectivity index is 3.20. The van der Waals surface area contributed by atoms with Crippen LogP contribution in [0.15, 0.2) is 16.7 Å². The Bertz CT molecular complexity index is 301. The third-order valence-corrected chi connectivity index (χ3v) is 1.75. The van der Waals surface area contributed by atoms with Gasteiger partial charge in [0, 0.05) is 11.8 Å². The van der Waals surface area contributed by atoms with Crippen molar-refractivity contribution in [3.63, 3.8) is 0 Å². The Labute approximate surface area is 71.5 Å². The summed E-state index contributed by atoms with van der Waals surface area (Å²) in [6.45, 7) is 1.77. The highest BCUT2D eigenvalue weighted by atomic mass is 79.9. The maximum Gasteiger partial charge on any atom is 0.301 e. The van der Waals surface area contributed by atoms with Gasteiger partial charge in [-0.05, 0) is 28.9 Å². The highest BCUT2D eigenvalue weighted by molar-refractivity contribution is 9.10. The van der Waals surface area contributed by atoms with Crippen molar-refractivity contribution in [1.82, 2.24) is 4.98 Å². The van der Waals surface area contributed by atoms with Crippen LogP contribution in [0, 0.1) is 17.0 Å². The van der Waals surface area contributed by atoms with Gasteiger partial charge >= 0.3 is 5.69 Å². The van der Waals surface area contributed by atoms with Gasteiger partial charge in [-0.25, -0.2) is 4.98 Å². The fraction of sp³-hybridized carbons (Fsp3) is 0.167.